The number of hydrogen-bond acceptors (Lipinski definition) is 9. The molecular formula is C19H22O9. The van der Waals surface area contributed by atoms with E-state index in [1.807, 2.05) is 0 Å². The van der Waals surface area contributed by atoms with Crippen molar-refractivity contribution < 1.29 is 39.4 Å². The maximum atomic E-state index is 12.3. The van der Waals surface area contributed by atoms with E-state index in [0.717, 1.165) is 18.4 Å². The Balaban J connectivity index is 1.70. The minimum absolute atomic E-state index is 0.129. The Morgan fingerprint density at radius 3 is 2.46 bits per heavy atom. The molecule has 0 spiro atoms. The normalized spacial score (nSPS) is 30.2. The van der Waals surface area contributed by atoms with Crippen LogP contribution in [0, 0.1) is 0 Å². The predicted octanol–water partition coefficient (Wildman–Crippen LogP) is -0.444. The molecule has 4 rings (SSSR count). The van der Waals surface area contributed by atoms with Crippen LogP contribution in [0.5, 0.6) is 11.5 Å². The number of hydrogen-bond donors (Lipinski definition) is 5. The molecule has 9 heteroatoms. The van der Waals surface area contributed by atoms with Crippen molar-refractivity contribution in [2.45, 2.75) is 56.4 Å². The molecule has 2 heterocycles. The minimum Gasteiger partial charge on any atom is -0.504 e. The number of benzene rings is 1. The molecule has 1 saturated heterocycles. The Morgan fingerprint density at radius 2 is 1.75 bits per heavy atom. The number of phenols is 1. The van der Waals surface area contributed by atoms with Gasteiger partial charge in [-0.05, 0) is 37.3 Å². The van der Waals surface area contributed by atoms with E-state index in [4.69, 9.17) is 13.9 Å². The average molecular weight is 394 g/mol. The maximum absolute atomic E-state index is 12.3. The molecule has 28 heavy (non-hydrogen) atoms. The highest BCUT2D eigenvalue weighted by molar-refractivity contribution is 5.85. The molecule has 5 N–H and O–H groups in total. The van der Waals surface area contributed by atoms with Crippen LogP contribution in [0.2, 0.25) is 0 Å². The fourth-order valence-corrected chi connectivity index (χ4v) is 3.84. The second-order valence-electron chi connectivity index (χ2n) is 7.18. The molecule has 0 radical (unpaired) electrons. The quantitative estimate of drug-likeness (QED) is 0.436. The van der Waals surface area contributed by atoms with Crippen LogP contribution >= 0.6 is 0 Å². The molecule has 5 atom stereocenters. The van der Waals surface area contributed by atoms with Gasteiger partial charge in [0.15, 0.2) is 11.5 Å². The van der Waals surface area contributed by atoms with Gasteiger partial charge in [-0.15, -0.1) is 0 Å². The number of aliphatic hydroxyl groups is 4. The number of ether oxygens (including phenoxy) is 2. The zero-order valence-corrected chi connectivity index (χ0v) is 14.9. The second-order valence-corrected chi connectivity index (χ2v) is 7.18. The molecular weight excluding hydrogens is 372 g/mol. The Morgan fingerprint density at radius 1 is 1.04 bits per heavy atom. The summed E-state index contributed by atoms with van der Waals surface area (Å²) in [7, 11) is 0. The molecule has 1 aromatic heterocycles. The molecule has 1 aromatic carbocycles. The second kappa shape index (κ2) is 7.34. The molecule has 2 aliphatic rings. The lowest BCUT2D eigenvalue weighted by Crippen LogP contribution is -2.60. The van der Waals surface area contributed by atoms with Crippen molar-refractivity contribution in [3.63, 3.8) is 0 Å². The van der Waals surface area contributed by atoms with Crippen molar-refractivity contribution in [3.8, 4) is 11.5 Å². The van der Waals surface area contributed by atoms with Crippen LogP contribution in [0.4, 0.5) is 0 Å². The minimum atomic E-state index is -1.62. The summed E-state index contributed by atoms with van der Waals surface area (Å²) in [5.74, 6) is -0.387. The number of aromatic hydroxyl groups is 1. The maximum Gasteiger partial charge on any atom is 0.339 e. The molecule has 1 aliphatic heterocycles. The van der Waals surface area contributed by atoms with Crippen molar-refractivity contribution in [2.24, 2.45) is 0 Å². The summed E-state index contributed by atoms with van der Waals surface area (Å²) in [6, 6.07) is 2.75. The summed E-state index contributed by atoms with van der Waals surface area (Å²) >= 11 is 0. The van der Waals surface area contributed by atoms with E-state index in [9.17, 15) is 30.3 Å². The van der Waals surface area contributed by atoms with Crippen LogP contribution in [0.1, 0.15) is 24.0 Å². The van der Waals surface area contributed by atoms with E-state index >= 15 is 0 Å². The van der Waals surface area contributed by atoms with Gasteiger partial charge in [-0.25, -0.2) is 4.79 Å². The van der Waals surface area contributed by atoms with Gasteiger partial charge in [-0.2, -0.15) is 0 Å². The predicted molar refractivity (Wildman–Crippen MR) is 95.2 cm³/mol. The number of aryl methyl sites for hydroxylation is 1. The van der Waals surface area contributed by atoms with Crippen LogP contribution in [0.3, 0.4) is 0 Å². The Bertz CT molecular complexity index is 935. The lowest BCUT2D eigenvalue weighted by Gasteiger charge is -2.39. The number of aliphatic hydroxyl groups excluding tert-OH is 4. The highest BCUT2D eigenvalue weighted by Gasteiger charge is 2.45. The molecule has 0 bridgehead atoms. The summed E-state index contributed by atoms with van der Waals surface area (Å²) in [6.07, 6.45) is -4.15. The third-order valence-corrected chi connectivity index (χ3v) is 5.39. The molecule has 9 nitrogen and oxygen atoms in total. The lowest BCUT2D eigenvalue weighted by atomic mass is 9.90. The van der Waals surface area contributed by atoms with Gasteiger partial charge in [0.2, 0.25) is 6.29 Å². The van der Waals surface area contributed by atoms with Crippen LogP contribution in [0.25, 0.3) is 11.0 Å². The molecule has 0 saturated carbocycles. The van der Waals surface area contributed by atoms with Crippen molar-refractivity contribution in [1.82, 2.24) is 0 Å². The molecule has 0 amide bonds. The van der Waals surface area contributed by atoms with Gasteiger partial charge in [-0.3, -0.25) is 0 Å². The van der Waals surface area contributed by atoms with E-state index in [0.29, 0.717) is 23.8 Å². The first-order chi connectivity index (χ1) is 13.4. The van der Waals surface area contributed by atoms with Crippen LogP contribution in [-0.2, 0) is 17.6 Å². The van der Waals surface area contributed by atoms with Crippen LogP contribution < -0.4 is 10.4 Å². The third-order valence-electron chi connectivity index (χ3n) is 5.39. The van der Waals surface area contributed by atoms with Crippen LogP contribution in [-0.4, -0.2) is 62.8 Å². The van der Waals surface area contributed by atoms with Gasteiger partial charge in [-0.1, -0.05) is 0 Å². The Kier molecular flexibility index (Phi) is 5.02. The molecule has 2 aromatic rings. The summed E-state index contributed by atoms with van der Waals surface area (Å²) in [5, 5.41) is 50.1. The zero-order chi connectivity index (χ0) is 20.0. The van der Waals surface area contributed by atoms with E-state index in [-0.39, 0.29) is 17.1 Å². The first-order valence-corrected chi connectivity index (χ1v) is 9.19. The smallest absolute Gasteiger partial charge is 0.339 e. The van der Waals surface area contributed by atoms with Crippen molar-refractivity contribution in [2.75, 3.05) is 6.61 Å². The average Bonchev–Trinajstić information content (AvgIpc) is 2.70. The van der Waals surface area contributed by atoms with E-state index in [1.54, 1.807) is 0 Å². The lowest BCUT2D eigenvalue weighted by molar-refractivity contribution is -0.277. The van der Waals surface area contributed by atoms with E-state index in [2.05, 4.69) is 0 Å². The SMILES string of the molecule is O=c1oc2cc(O[C@@H]3O[C@H](CO)[C@@H](O)C(O)C3O)c(O)cc2c2c1CCCC2. The summed E-state index contributed by atoms with van der Waals surface area (Å²) in [5.41, 5.74) is 1.28. The molecule has 2 unspecified atom stereocenters. The topological polar surface area (TPSA) is 150 Å². The Hall–Kier alpha value is -2.17. The first kappa shape index (κ1) is 19.2. The van der Waals surface area contributed by atoms with Gasteiger partial charge in [0, 0.05) is 17.0 Å². The van der Waals surface area contributed by atoms with Gasteiger partial charge in [0.1, 0.15) is 30.0 Å². The summed E-state index contributed by atoms with van der Waals surface area (Å²) < 4.78 is 16.1. The number of rotatable bonds is 3. The van der Waals surface area contributed by atoms with Gasteiger partial charge >= 0.3 is 5.63 Å². The van der Waals surface area contributed by atoms with E-state index < -0.39 is 42.9 Å². The summed E-state index contributed by atoms with van der Waals surface area (Å²) in [6.45, 7) is -0.602. The monoisotopic (exact) mass is 394 g/mol. The Labute approximate surface area is 159 Å². The zero-order valence-electron chi connectivity index (χ0n) is 14.9. The third kappa shape index (κ3) is 3.15. The van der Waals surface area contributed by atoms with Gasteiger partial charge in [0.25, 0.3) is 0 Å². The standard InChI is InChI=1S/C19H22O9/c20-7-14-15(22)16(23)17(24)19(28-14)27-13-6-12-10(5-11(13)21)8-3-1-2-4-9(8)18(25)26-12/h5-6,14-17,19-24H,1-4,7H2/t14-,15-,16?,17?,19-/m1/s1. The molecule has 152 valence electrons. The van der Waals surface area contributed by atoms with Gasteiger partial charge in [0.05, 0.1) is 6.61 Å². The number of phenolic OH excluding ortho intramolecular Hbond substituents is 1. The van der Waals surface area contributed by atoms with Crippen molar-refractivity contribution in [3.05, 3.63) is 33.7 Å². The largest absolute Gasteiger partial charge is 0.504 e. The van der Waals surface area contributed by atoms with Gasteiger partial charge < -0.3 is 39.4 Å². The molecule has 1 fully saturated rings. The fourth-order valence-electron chi connectivity index (χ4n) is 3.84. The molecule has 1 aliphatic carbocycles. The fraction of sp³-hybridized carbons (Fsp3) is 0.526. The van der Waals surface area contributed by atoms with E-state index in [1.165, 1.54) is 12.1 Å². The van der Waals surface area contributed by atoms with Crippen molar-refractivity contribution >= 4 is 11.0 Å². The van der Waals surface area contributed by atoms with Crippen molar-refractivity contribution in [1.29, 1.82) is 0 Å². The summed E-state index contributed by atoms with van der Waals surface area (Å²) in [4.78, 5) is 12.3. The number of fused-ring (bicyclic) bond motifs is 3. The first-order valence-electron chi connectivity index (χ1n) is 9.19. The highest BCUT2D eigenvalue weighted by Crippen LogP contribution is 2.37. The van der Waals surface area contributed by atoms with Crippen LogP contribution in [0.15, 0.2) is 21.3 Å². The highest BCUT2D eigenvalue weighted by atomic mass is 16.7.